The van der Waals surface area contributed by atoms with Gasteiger partial charge in [-0.05, 0) is 39.8 Å². The number of nitrogens with zero attached hydrogens (tertiary/aromatic N) is 4. The summed E-state index contributed by atoms with van der Waals surface area (Å²) in [5.41, 5.74) is 0.674. The van der Waals surface area contributed by atoms with E-state index < -0.39 is 0 Å². The molecule has 23 heavy (non-hydrogen) atoms. The summed E-state index contributed by atoms with van der Waals surface area (Å²) in [5.74, 6) is 1.13. The average molecular weight is 330 g/mol. The summed E-state index contributed by atoms with van der Waals surface area (Å²) >= 11 is 1.45. The van der Waals surface area contributed by atoms with Crippen LogP contribution in [0.1, 0.15) is 43.8 Å². The van der Waals surface area contributed by atoms with Gasteiger partial charge in [0.05, 0.1) is 16.2 Å². The summed E-state index contributed by atoms with van der Waals surface area (Å²) in [6, 6.07) is 7.41. The molecule has 0 amide bonds. The maximum Gasteiger partial charge on any atom is 0.262 e. The van der Waals surface area contributed by atoms with Crippen LogP contribution >= 0.6 is 11.8 Å². The average Bonchev–Trinajstić information content (AvgIpc) is 2.94. The number of para-hydroxylation sites is 1. The van der Waals surface area contributed by atoms with E-state index in [0.29, 0.717) is 27.8 Å². The van der Waals surface area contributed by atoms with Crippen molar-refractivity contribution in [2.75, 3.05) is 0 Å². The normalized spacial score (nSPS) is 12.9. The van der Waals surface area contributed by atoms with Gasteiger partial charge in [0, 0.05) is 6.04 Å². The highest BCUT2D eigenvalue weighted by Gasteiger charge is 2.20. The molecule has 1 unspecified atom stereocenters. The molecular formula is C16H18N4O2S. The number of thioether (sulfide) groups is 1. The van der Waals surface area contributed by atoms with E-state index in [-0.39, 0.29) is 16.9 Å². The van der Waals surface area contributed by atoms with Crippen molar-refractivity contribution in [1.29, 1.82) is 0 Å². The third kappa shape index (κ3) is 3.01. The summed E-state index contributed by atoms with van der Waals surface area (Å²) < 4.78 is 6.93. The maximum atomic E-state index is 12.8. The quantitative estimate of drug-likeness (QED) is 0.538. The molecule has 3 rings (SSSR count). The second-order valence-electron chi connectivity index (χ2n) is 5.62. The van der Waals surface area contributed by atoms with Crippen LogP contribution in [-0.2, 0) is 0 Å². The van der Waals surface area contributed by atoms with Gasteiger partial charge in [0.1, 0.15) is 0 Å². The Hall–Kier alpha value is -2.15. The van der Waals surface area contributed by atoms with Gasteiger partial charge in [-0.25, -0.2) is 4.98 Å². The Morgan fingerprint density at radius 1 is 1.17 bits per heavy atom. The van der Waals surface area contributed by atoms with Crippen LogP contribution in [0.25, 0.3) is 10.9 Å². The molecule has 2 heterocycles. The summed E-state index contributed by atoms with van der Waals surface area (Å²) in [6.07, 6.45) is 0. The Morgan fingerprint density at radius 2 is 1.91 bits per heavy atom. The molecule has 3 aromatic rings. The van der Waals surface area contributed by atoms with Crippen molar-refractivity contribution in [3.8, 4) is 0 Å². The van der Waals surface area contributed by atoms with E-state index in [1.165, 1.54) is 11.8 Å². The van der Waals surface area contributed by atoms with Crippen molar-refractivity contribution in [2.45, 2.75) is 44.1 Å². The predicted molar refractivity (Wildman–Crippen MR) is 89.7 cm³/mol. The topological polar surface area (TPSA) is 73.8 Å². The van der Waals surface area contributed by atoms with Gasteiger partial charge in [0.15, 0.2) is 11.0 Å². The first-order valence-electron chi connectivity index (χ1n) is 7.45. The zero-order chi connectivity index (χ0) is 16.6. The molecule has 1 aromatic carbocycles. The molecule has 120 valence electrons. The summed E-state index contributed by atoms with van der Waals surface area (Å²) in [6.45, 7) is 7.69. The molecule has 0 bridgehead atoms. The van der Waals surface area contributed by atoms with Crippen LogP contribution in [0.15, 0.2) is 38.7 Å². The monoisotopic (exact) mass is 330 g/mol. The van der Waals surface area contributed by atoms with Crippen molar-refractivity contribution in [2.24, 2.45) is 0 Å². The number of hydrogen-bond donors (Lipinski definition) is 0. The van der Waals surface area contributed by atoms with E-state index in [1.807, 2.05) is 45.0 Å². The lowest BCUT2D eigenvalue weighted by Crippen LogP contribution is -2.25. The molecule has 0 aliphatic rings. The summed E-state index contributed by atoms with van der Waals surface area (Å²) in [5, 5.41) is 5.02. The first-order chi connectivity index (χ1) is 11.0. The molecule has 0 N–H and O–H groups in total. The third-order valence-corrected chi connectivity index (χ3v) is 4.52. The summed E-state index contributed by atoms with van der Waals surface area (Å²) in [7, 11) is 0. The fraction of sp³-hybridized carbons (Fsp3) is 0.375. The third-order valence-electron chi connectivity index (χ3n) is 3.47. The van der Waals surface area contributed by atoms with E-state index in [0.717, 1.165) is 0 Å². The number of aromatic nitrogens is 4. The fourth-order valence-corrected chi connectivity index (χ4v) is 3.42. The van der Waals surface area contributed by atoms with Crippen molar-refractivity contribution < 1.29 is 4.52 Å². The largest absolute Gasteiger partial charge is 0.338 e. The SMILES string of the molecule is Cc1noc(C(C)Sc2nc3ccccc3c(=O)n2C(C)C)n1. The van der Waals surface area contributed by atoms with Crippen molar-refractivity contribution in [3.63, 3.8) is 0 Å². The molecule has 2 aromatic heterocycles. The second kappa shape index (κ2) is 6.16. The van der Waals surface area contributed by atoms with E-state index in [2.05, 4.69) is 15.1 Å². The molecule has 7 heteroatoms. The molecule has 6 nitrogen and oxygen atoms in total. The molecule has 1 atom stereocenters. The Labute approximate surface area is 137 Å². The first kappa shape index (κ1) is 15.7. The minimum atomic E-state index is -0.0886. The lowest BCUT2D eigenvalue weighted by molar-refractivity contribution is 0.376. The van der Waals surface area contributed by atoms with E-state index in [4.69, 9.17) is 4.52 Å². The standard InChI is InChI=1S/C16H18N4O2S/c1-9(2)20-15(21)12-7-5-6-8-13(12)18-16(20)23-10(3)14-17-11(4)19-22-14/h5-10H,1-4H3. The number of hydrogen-bond acceptors (Lipinski definition) is 6. The van der Waals surface area contributed by atoms with Gasteiger partial charge in [-0.15, -0.1) is 0 Å². The van der Waals surface area contributed by atoms with Crippen molar-refractivity contribution in [1.82, 2.24) is 19.7 Å². The Morgan fingerprint density at radius 3 is 2.57 bits per heavy atom. The van der Waals surface area contributed by atoms with Crippen LogP contribution in [-0.4, -0.2) is 19.7 Å². The molecule has 0 spiro atoms. The predicted octanol–water partition coefficient (Wildman–Crippen LogP) is 3.52. The molecule has 0 aliphatic heterocycles. The van der Waals surface area contributed by atoms with Gasteiger partial charge >= 0.3 is 0 Å². The lowest BCUT2D eigenvalue weighted by Gasteiger charge is -2.17. The van der Waals surface area contributed by atoms with Gasteiger partial charge < -0.3 is 4.52 Å². The van der Waals surface area contributed by atoms with E-state index >= 15 is 0 Å². The van der Waals surface area contributed by atoms with E-state index in [9.17, 15) is 4.79 Å². The fourth-order valence-electron chi connectivity index (χ4n) is 2.35. The maximum absolute atomic E-state index is 12.8. The number of benzene rings is 1. The van der Waals surface area contributed by atoms with Crippen LogP contribution in [0.2, 0.25) is 0 Å². The summed E-state index contributed by atoms with van der Waals surface area (Å²) in [4.78, 5) is 21.7. The van der Waals surface area contributed by atoms with Gasteiger partial charge in [-0.3, -0.25) is 9.36 Å². The second-order valence-corrected chi connectivity index (χ2v) is 6.93. The first-order valence-corrected chi connectivity index (χ1v) is 8.33. The van der Waals surface area contributed by atoms with Crippen LogP contribution in [0, 0.1) is 6.92 Å². The number of aryl methyl sites for hydroxylation is 1. The molecular weight excluding hydrogens is 312 g/mol. The Bertz CT molecular complexity index is 900. The highest BCUT2D eigenvalue weighted by molar-refractivity contribution is 7.99. The van der Waals surface area contributed by atoms with Crippen molar-refractivity contribution >= 4 is 22.7 Å². The van der Waals surface area contributed by atoms with Gasteiger partial charge in [-0.1, -0.05) is 29.1 Å². The zero-order valence-corrected chi connectivity index (χ0v) is 14.3. The molecule has 0 saturated carbocycles. The van der Waals surface area contributed by atoms with Gasteiger partial charge in [0.25, 0.3) is 5.56 Å². The van der Waals surface area contributed by atoms with Crippen LogP contribution in [0.4, 0.5) is 0 Å². The van der Waals surface area contributed by atoms with Crippen LogP contribution < -0.4 is 5.56 Å². The van der Waals surface area contributed by atoms with E-state index in [1.54, 1.807) is 11.5 Å². The lowest BCUT2D eigenvalue weighted by atomic mass is 10.2. The highest BCUT2D eigenvalue weighted by atomic mass is 32.2. The van der Waals surface area contributed by atoms with Crippen LogP contribution in [0.5, 0.6) is 0 Å². The minimum absolute atomic E-state index is 0.0127. The Balaban J connectivity index is 2.08. The molecule has 0 fully saturated rings. The zero-order valence-electron chi connectivity index (χ0n) is 13.5. The Kier molecular flexibility index (Phi) is 4.21. The minimum Gasteiger partial charge on any atom is -0.338 e. The van der Waals surface area contributed by atoms with Gasteiger partial charge in [-0.2, -0.15) is 4.98 Å². The molecule has 0 radical (unpaired) electrons. The molecule has 0 saturated heterocycles. The van der Waals surface area contributed by atoms with Crippen LogP contribution in [0.3, 0.4) is 0 Å². The smallest absolute Gasteiger partial charge is 0.262 e. The number of fused-ring (bicyclic) bond motifs is 1. The number of rotatable bonds is 4. The highest BCUT2D eigenvalue weighted by Crippen LogP contribution is 2.33. The van der Waals surface area contributed by atoms with Crippen molar-refractivity contribution in [3.05, 3.63) is 46.3 Å². The molecule has 0 aliphatic carbocycles. The van der Waals surface area contributed by atoms with Gasteiger partial charge in [0.2, 0.25) is 5.89 Å².